The van der Waals surface area contributed by atoms with E-state index in [-0.39, 0.29) is 0 Å². The van der Waals surface area contributed by atoms with Gasteiger partial charge in [-0.05, 0) is 37.1 Å². The first kappa shape index (κ1) is 14.0. The van der Waals surface area contributed by atoms with Crippen molar-refractivity contribution in [3.8, 4) is 5.75 Å². The summed E-state index contributed by atoms with van der Waals surface area (Å²) in [6.45, 7) is 6.42. The molecular formula is C14H23NO2. The third-order valence-corrected chi connectivity index (χ3v) is 2.48. The normalized spacial score (nSPS) is 12.4. The number of ether oxygens (including phenoxy) is 1. The lowest BCUT2D eigenvalue weighted by Crippen LogP contribution is -2.22. The van der Waals surface area contributed by atoms with Crippen molar-refractivity contribution in [1.29, 1.82) is 0 Å². The zero-order chi connectivity index (χ0) is 12.5. The molecule has 0 aliphatic rings. The summed E-state index contributed by atoms with van der Waals surface area (Å²) >= 11 is 0. The highest BCUT2D eigenvalue weighted by Gasteiger charge is 2.07. The minimum absolute atomic E-state index is 0.466. The van der Waals surface area contributed by atoms with Crippen LogP contribution in [0, 0.1) is 0 Å². The van der Waals surface area contributed by atoms with Gasteiger partial charge >= 0.3 is 0 Å². The number of benzene rings is 1. The highest BCUT2D eigenvalue weighted by atomic mass is 16.5. The van der Waals surface area contributed by atoms with Crippen LogP contribution in [0.5, 0.6) is 5.75 Å². The van der Waals surface area contributed by atoms with E-state index in [1.54, 1.807) is 0 Å². The molecule has 1 unspecified atom stereocenters. The summed E-state index contributed by atoms with van der Waals surface area (Å²) in [5, 5.41) is 13.2. The maximum absolute atomic E-state index is 9.98. The minimum atomic E-state index is -0.466. The Balaban J connectivity index is 2.51. The van der Waals surface area contributed by atoms with Crippen molar-refractivity contribution in [2.75, 3.05) is 19.7 Å². The van der Waals surface area contributed by atoms with Crippen molar-refractivity contribution in [3.63, 3.8) is 0 Å². The molecule has 2 N–H and O–H groups in total. The van der Waals surface area contributed by atoms with Crippen molar-refractivity contribution in [1.82, 2.24) is 5.32 Å². The molecule has 0 bridgehead atoms. The number of hydrogen-bond donors (Lipinski definition) is 2. The second-order valence-corrected chi connectivity index (χ2v) is 4.14. The zero-order valence-corrected chi connectivity index (χ0v) is 10.8. The fraction of sp³-hybridized carbons (Fsp3) is 0.571. The van der Waals surface area contributed by atoms with Crippen LogP contribution in [0.1, 0.15) is 38.4 Å². The lowest BCUT2D eigenvalue weighted by molar-refractivity contribution is 0.174. The Labute approximate surface area is 104 Å². The predicted molar refractivity (Wildman–Crippen MR) is 70.3 cm³/mol. The van der Waals surface area contributed by atoms with Crippen LogP contribution >= 0.6 is 0 Å². The fourth-order valence-corrected chi connectivity index (χ4v) is 1.56. The van der Waals surface area contributed by atoms with Crippen LogP contribution in [0.15, 0.2) is 24.3 Å². The molecule has 0 fully saturated rings. The van der Waals surface area contributed by atoms with Gasteiger partial charge in [-0.3, -0.25) is 0 Å². The highest BCUT2D eigenvalue weighted by Crippen LogP contribution is 2.19. The van der Waals surface area contributed by atoms with Gasteiger partial charge in [0, 0.05) is 6.54 Å². The van der Waals surface area contributed by atoms with Crippen LogP contribution in [-0.4, -0.2) is 24.8 Å². The second-order valence-electron chi connectivity index (χ2n) is 4.14. The van der Waals surface area contributed by atoms with E-state index in [4.69, 9.17) is 4.74 Å². The van der Waals surface area contributed by atoms with E-state index in [2.05, 4.69) is 19.2 Å². The molecule has 1 rings (SSSR count). The van der Waals surface area contributed by atoms with Gasteiger partial charge in [0.1, 0.15) is 5.75 Å². The SMILES string of the molecule is CCCNCC(O)c1cccc(OCCC)c1. The third kappa shape index (κ3) is 5.20. The molecule has 17 heavy (non-hydrogen) atoms. The van der Waals surface area contributed by atoms with Crippen LogP contribution in [0.25, 0.3) is 0 Å². The van der Waals surface area contributed by atoms with E-state index in [0.29, 0.717) is 13.2 Å². The van der Waals surface area contributed by atoms with E-state index >= 15 is 0 Å². The van der Waals surface area contributed by atoms with Gasteiger partial charge in [-0.25, -0.2) is 0 Å². The molecule has 3 heteroatoms. The van der Waals surface area contributed by atoms with Crippen LogP contribution in [0.4, 0.5) is 0 Å². The molecule has 0 saturated carbocycles. The average molecular weight is 237 g/mol. The van der Waals surface area contributed by atoms with Crippen LogP contribution in [0.3, 0.4) is 0 Å². The van der Waals surface area contributed by atoms with Crippen molar-refractivity contribution in [2.24, 2.45) is 0 Å². The monoisotopic (exact) mass is 237 g/mol. The van der Waals surface area contributed by atoms with Crippen molar-refractivity contribution in [3.05, 3.63) is 29.8 Å². The van der Waals surface area contributed by atoms with Gasteiger partial charge in [-0.15, -0.1) is 0 Å². The first-order valence-corrected chi connectivity index (χ1v) is 6.39. The number of aliphatic hydroxyl groups excluding tert-OH is 1. The molecule has 0 saturated heterocycles. The Morgan fingerprint density at radius 1 is 1.29 bits per heavy atom. The molecule has 1 atom stereocenters. The summed E-state index contributed by atoms with van der Waals surface area (Å²) in [5.41, 5.74) is 0.905. The lowest BCUT2D eigenvalue weighted by Gasteiger charge is -2.13. The van der Waals surface area contributed by atoms with Gasteiger partial charge in [0.25, 0.3) is 0 Å². The standard InChI is InChI=1S/C14H23NO2/c1-3-8-15-11-14(16)12-6-5-7-13(10-12)17-9-4-2/h5-7,10,14-16H,3-4,8-9,11H2,1-2H3. The molecule has 0 radical (unpaired) electrons. The van der Waals surface area contributed by atoms with Crippen molar-refractivity contribution < 1.29 is 9.84 Å². The molecule has 0 amide bonds. The highest BCUT2D eigenvalue weighted by molar-refractivity contribution is 5.30. The Hall–Kier alpha value is -1.06. The van der Waals surface area contributed by atoms with Crippen molar-refractivity contribution in [2.45, 2.75) is 32.8 Å². The number of aliphatic hydroxyl groups is 1. The molecule has 3 nitrogen and oxygen atoms in total. The number of rotatable bonds is 8. The van der Waals surface area contributed by atoms with Gasteiger partial charge < -0.3 is 15.2 Å². The van der Waals surface area contributed by atoms with E-state index < -0.39 is 6.10 Å². The molecule has 0 aliphatic heterocycles. The molecule has 96 valence electrons. The maximum Gasteiger partial charge on any atom is 0.119 e. The van der Waals surface area contributed by atoms with E-state index in [1.165, 1.54) is 0 Å². The third-order valence-electron chi connectivity index (χ3n) is 2.48. The first-order chi connectivity index (χ1) is 8.27. The van der Waals surface area contributed by atoms with E-state index in [0.717, 1.165) is 30.7 Å². The topological polar surface area (TPSA) is 41.5 Å². The summed E-state index contributed by atoms with van der Waals surface area (Å²) in [5.74, 6) is 0.832. The quantitative estimate of drug-likeness (QED) is 0.683. The Morgan fingerprint density at radius 3 is 2.82 bits per heavy atom. The Kier molecular flexibility index (Phi) is 6.67. The number of hydrogen-bond acceptors (Lipinski definition) is 3. The first-order valence-electron chi connectivity index (χ1n) is 6.39. The zero-order valence-electron chi connectivity index (χ0n) is 10.8. The molecular weight excluding hydrogens is 214 g/mol. The van der Waals surface area contributed by atoms with Gasteiger partial charge in [0.2, 0.25) is 0 Å². The maximum atomic E-state index is 9.98. The van der Waals surface area contributed by atoms with Gasteiger partial charge in [0.15, 0.2) is 0 Å². The summed E-state index contributed by atoms with van der Waals surface area (Å²) < 4.78 is 5.54. The largest absolute Gasteiger partial charge is 0.494 e. The minimum Gasteiger partial charge on any atom is -0.494 e. The van der Waals surface area contributed by atoms with Gasteiger partial charge in [-0.2, -0.15) is 0 Å². The summed E-state index contributed by atoms with van der Waals surface area (Å²) in [6.07, 6.45) is 1.60. The molecule has 0 heterocycles. The van der Waals surface area contributed by atoms with Gasteiger partial charge in [0.05, 0.1) is 12.7 Å². The molecule has 1 aromatic rings. The molecule has 0 aliphatic carbocycles. The molecule has 1 aromatic carbocycles. The van der Waals surface area contributed by atoms with Crippen LogP contribution in [0.2, 0.25) is 0 Å². The van der Waals surface area contributed by atoms with Gasteiger partial charge in [-0.1, -0.05) is 26.0 Å². The Bertz CT molecular complexity index is 315. The summed E-state index contributed by atoms with van der Waals surface area (Å²) in [7, 11) is 0. The van der Waals surface area contributed by atoms with E-state index in [1.807, 2.05) is 24.3 Å². The fourth-order valence-electron chi connectivity index (χ4n) is 1.56. The molecule has 0 aromatic heterocycles. The van der Waals surface area contributed by atoms with Crippen molar-refractivity contribution >= 4 is 0 Å². The Morgan fingerprint density at radius 2 is 2.12 bits per heavy atom. The summed E-state index contributed by atoms with van der Waals surface area (Å²) in [4.78, 5) is 0. The lowest BCUT2D eigenvalue weighted by atomic mass is 10.1. The average Bonchev–Trinajstić information content (AvgIpc) is 2.37. The van der Waals surface area contributed by atoms with Crippen LogP contribution in [-0.2, 0) is 0 Å². The predicted octanol–water partition coefficient (Wildman–Crippen LogP) is 2.51. The second kappa shape index (κ2) is 8.09. The van der Waals surface area contributed by atoms with E-state index in [9.17, 15) is 5.11 Å². The molecule has 0 spiro atoms. The smallest absolute Gasteiger partial charge is 0.119 e. The van der Waals surface area contributed by atoms with Crippen LogP contribution < -0.4 is 10.1 Å². The number of nitrogens with one attached hydrogen (secondary N) is 1. The summed E-state index contributed by atoms with van der Waals surface area (Å²) in [6, 6.07) is 7.68.